The Morgan fingerprint density at radius 1 is 1.61 bits per heavy atom. The molecule has 1 aromatic heterocycles. The van der Waals surface area contributed by atoms with Crippen LogP contribution in [0.2, 0.25) is 0 Å². The summed E-state index contributed by atoms with van der Waals surface area (Å²) in [6.07, 6.45) is 5.71. The smallest absolute Gasteiger partial charge is 0.326 e. The van der Waals surface area contributed by atoms with Gasteiger partial charge >= 0.3 is 5.97 Å². The monoisotopic (exact) mass is 251 g/mol. The first-order valence-corrected chi connectivity index (χ1v) is 6.16. The molecule has 0 aliphatic heterocycles. The summed E-state index contributed by atoms with van der Waals surface area (Å²) in [5, 5.41) is 15.6. The Bertz CT molecular complexity index is 451. The molecule has 2 rings (SSSR count). The Balaban J connectivity index is 1.96. The molecule has 0 radical (unpaired) electrons. The van der Waals surface area contributed by atoms with Crippen molar-refractivity contribution < 1.29 is 14.7 Å². The van der Waals surface area contributed by atoms with Gasteiger partial charge in [-0.05, 0) is 19.3 Å². The Morgan fingerprint density at radius 3 is 2.83 bits per heavy atom. The lowest BCUT2D eigenvalue weighted by Gasteiger charge is -2.13. The molecule has 6 heteroatoms. The van der Waals surface area contributed by atoms with E-state index in [1.807, 2.05) is 6.92 Å². The molecule has 0 aromatic carbocycles. The maximum absolute atomic E-state index is 11.9. The lowest BCUT2D eigenvalue weighted by molar-refractivity contribution is -0.139. The van der Waals surface area contributed by atoms with Crippen LogP contribution in [0, 0.1) is 5.92 Å². The van der Waals surface area contributed by atoms with Crippen LogP contribution in [-0.4, -0.2) is 32.8 Å². The van der Waals surface area contributed by atoms with E-state index in [1.165, 1.54) is 6.20 Å². The zero-order valence-electron chi connectivity index (χ0n) is 10.3. The minimum absolute atomic E-state index is 0.372. The first-order chi connectivity index (χ1) is 8.60. The summed E-state index contributed by atoms with van der Waals surface area (Å²) < 4.78 is 1.63. The number of aromatic nitrogens is 2. The van der Waals surface area contributed by atoms with Crippen LogP contribution in [0.25, 0.3) is 0 Å². The van der Waals surface area contributed by atoms with E-state index in [1.54, 1.807) is 10.9 Å². The molecule has 1 aliphatic rings. The quantitative estimate of drug-likeness (QED) is 0.786. The zero-order valence-corrected chi connectivity index (χ0v) is 10.3. The van der Waals surface area contributed by atoms with Crippen molar-refractivity contribution in [1.82, 2.24) is 15.1 Å². The van der Waals surface area contributed by atoms with E-state index in [2.05, 4.69) is 10.4 Å². The lowest BCUT2D eigenvalue weighted by Crippen LogP contribution is -2.41. The van der Waals surface area contributed by atoms with Crippen LogP contribution in [0.5, 0.6) is 0 Å². The Hall–Kier alpha value is -1.85. The van der Waals surface area contributed by atoms with Crippen LogP contribution >= 0.6 is 0 Å². The number of rotatable bonds is 6. The highest BCUT2D eigenvalue weighted by Crippen LogP contribution is 2.33. The van der Waals surface area contributed by atoms with Crippen molar-refractivity contribution in [2.75, 3.05) is 0 Å². The number of aryl methyl sites for hydroxylation is 1. The minimum atomic E-state index is -0.974. The van der Waals surface area contributed by atoms with Gasteiger partial charge in [0.2, 0.25) is 0 Å². The van der Waals surface area contributed by atoms with Crippen LogP contribution in [0.4, 0.5) is 0 Å². The molecule has 98 valence electrons. The maximum Gasteiger partial charge on any atom is 0.326 e. The SMILES string of the molecule is CCn1cc(C(=O)NC(CC2CC2)C(=O)O)cn1. The molecule has 0 saturated heterocycles. The van der Waals surface area contributed by atoms with E-state index >= 15 is 0 Å². The molecular formula is C12H17N3O3. The van der Waals surface area contributed by atoms with Crippen LogP contribution in [-0.2, 0) is 11.3 Å². The summed E-state index contributed by atoms with van der Waals surface area (Å²) in [6.45, 7) is 2.60. The molecule has 6 nitrogen and oxygen atoms in total. The fourth-order valence-electron chi connectivity index (χ4n) is 1.80. The summed E-state index contributed by atoms with van der Waals surface area (Å²) in [6, 6.07) is -0.796. The molecule has 2 N–H and O–H groups in total. The largest absolute Gasteiger partial charge is 0.480 e. The van der Waals surface area contributed by atoms with Crippen molar-refractivity contribution >= 4 is 11.9 Å². The third kappa shape index (κ3) is 3.09. The van der Waals surface area contributed by atoms with Gasteiger partial charge in [-0.15, -0.1) is 0 Å². The lowest BCUT2D eigenvalue weighted by atomic mass is 10.1. The van der Waals surface area contributed by atoms with Crippen molar-refractivity contribution in [3.8, 4) is 0 Å². The van der Waals surface area contributed by atoms with E-state index in [0.29, 0.717) is 24.4 Å². The van der Waals surface area contributed by atoms with Crippen LogP contribution in [0.3, 0.4) is 0 Å². The second kappa shape index (κ2) is 5.20. The van der Waals surface area contributed by atoms with E-state index in [-0.39, 0.29) is 5.91 Å². The minimum Gasteiger partial charge on any atom is -0.480 e. The third-order valence-electron chi connectivity index (χ3n) is 3.09. The second-order valence-electron chi connectivity index (χ2n) is 4.63. The number of carboxylic acid groups (broad SMARTS) is 1. The van der Waals surface area contributed by atoms with Gasteiger partial charge in [-0.3, -0.25) is 9.48 Å². The Labute approximate surface area is 105 Å². The van der Waals surface area contributed by atoms with Gasteiger partial charge in [0.05, 0.1) is 11.8 Å². The Morgan fingerprint density at radius 2 is 2.33 bits per heavy atom. The second-order valence-corrected chi connectivity index (χ2v) is 4.63. The number of hydrogen-bond acceptors (Lipinski definition) is 3. The van der Waals surface area contributed by atoms with E-state index in [4.69, 9.17) is 5.11 Å². The predicted octanol–water partition coefficient (Wildman–Crippen LogP) is 0.886. The molecule has 1 aromatic rings. The molecule has 0 spiro atoms. The fourth-order valence-corrected chi connectivity index (χ4v) is 1.80. The number of aliphatic carboxylic acids is 1. The van der Waals surface area contributed by atoms with Gasteiger partial charge < -0.3 is 10.4 Å². The highest BCUT2D eigenvalue weighted by molar-refractivity contribution is 5.96. The van der Waals surface area contributed by atoms with E-state index in [9.17, 15) is 9.59 Å². The number of nitrogens with zero attached hydrogens (tertiary/aromatic N) is 2. The van der Waals surface area contributed by atoms with Crippen molar-refractivity contribution in [3.63, 3.8) is 0 Å². The van der Waals surface area contributed by atoms with Gasteiger partial charge in [-0.25, -0.2) is 4.79 Å². The number of carbonyl (C=O) groups is 2. The predicted molar refractivity (Wildman–Crippen MR) is 64.1 cm³/mol. The van der Waals surface area contributed by atoms with Gasteiger partial charge in [-0.2, -0.15) is 5.10 Å². The van der Waals surface area contributed by atoms with Crippen molar-refractivity contribution in [2.45, 2.75) is 38.8 Å². The number of nitrogens with one attached hydrogen (secondary N) is 1. The summed E-state index contributed by atoms with van der Waals surface area (Å²) in [5.41, 5.74) is 0.402. The molecule has 1 saturated carbocycles. The van der Waals surface area contributed by atoms with E-state index in [0.717, 1.165) is 12.8 Å². The topological polar surface area (TPSA) is 84.2 Å². The molecule has 1 fully saturated rings. The van der Waals surface area contributed by atoms with Crippen molar-refractivity contribution in [2.24, 2.45) is 5.92 Å². The van der Waals surface area contributed by atoms with Gasteiger partial charge in [0.15, 0.2) is 0 Å². The highest BCUT2D eigenvalue weighted by Gasteiger charge is 2.30. The van der Waals surface area contributed by atoms with Gasteiger partial charge in [0.25, 0.3) is 5.91 Å². The van der Waals surface area contributed by atoms with Crippen LogP contribution in [0.15, 0.2) is 12.4 Å². The molecular weight excluding hydrogens is 234 g/mol. The average molecular weight is 251 g/mol. The van der Waals surface area contributed by atoms with Gasteiger partial charge in [0.1, 0.15) is 6.04 Å². The average Bonchev–Trinajstić information content (AvgIpc) is 3.02. The normalized spacial score (nSPS) is 16.3. The van der Waals surface area contributed by atoms with Crippen LogP contribution < -0.4 is 5.32 Å². The number of carboxylic acids is 1. The first-order valence-electron chi connectivity index (χ1n) is 6.16. The van der Waals surface area contributed by atoms with Gasteiger partial charge in [-0.1, -0.05) is 12.8 Å². The fraction of sp³-hybridized carbons (Fsp3) is 0.583. The molecule has 1 atom stereocenters. The number of hydrogen-bond donors (Lipinski definition) is 2. The van der Waals surface area contributed by atoms with Crippen LogP contribution in [0.1, 0.15) is 36.5 Å². The van der Waals surface area contributed by atoms with Crippen molar-refractivity contribution in [1.29, 1.82) is 0 Å². The maximum atomic E-state index is 11.9. The first kappa shape index (κ1) is 12.6. The summed E-state index contributed by atoms with van der Waals surface area (Å²) >= 11 is 0. The molecule has 1 heterocycles. The molecule has 1 amide bonds. The third-order valence-corrected chi connectivity index (χ3v) is 3.09. The summed E-state index contributed by atoms with van der Waals surface area (Å²) in [4.78, 5) is 22.9. The highest BCUT2D eigenvalue weighted by atomic mass is 16.4. The molecule has 1 unspecified atom stereocenters. The zero-order chi connectivity index (χ0) is 13.1. The number of carbonyl (C=O) groups excluding carboxylic acids is 1. The molecule has 0 bridgehead atoms. The summed E-state index contributed by atoms with van der Waals surface area (Å²) in [5.74, 6) is -0.898. The Kier molecular flexibility index (Phi) is 3.64. The molecule has 18 heavy (non-hydrogen) atoms. The van der Waals surface area contributed by atoms with Gasteiger partial charge in [0, 0.05) is 12.7 Å². The van der Waals surface area contributed by atoms with E-state index < -0.39 is 12.0 Å². The molecule has 1 aliphatic carbocycles. The number of amides is 1. The summed E-state index contributed by atoms with van der Waals surface area (Å²) in [7, 11) is 0. The standard InChI is InChI=1S/C12H17N3O3/c1-2-15-7-9(6-13-15)11(16)14-10(12(17)18)5-8-3-4-8/h6-8,10H,2-5H2,1H3,(H,14,16)(H,17,18). The van der Waals surface area contributed by atoms with Crippen molar-refractivity contribution in [3.05, 3.63) is 18.0 Å².